The Bertz CT molecular complexity index is 1330. The fraction of sp³-hybridized carbons (Fsp3) is 0.160. The van der Waals surface area contributed by atoms with Gasteiger partial charge in [-0.05, 0) is 24.3 Å². The lowest BCUT2D eigenvalue weighted by atomic mass is 10.1. The number of hydrogen-bond donors (Lipinski definition) is 1. The van der Waals surface area contributed by atoms with Crippen molar-refractivity contribution in [2.24, 2.45) is 0 Å². The standard InChI is InChI=1S/C25H22N2O7S/c1-30-19-8-5-4-7-16(19)24-26-15(14-35-24)13-34-25(29)17-11-21(31-2)22(32-3)12-18(17)27-23(28)20-9-6-10-33-20/h4-12,14H,13H2,1-3H3,(H,27,28). The summed E-state index contributed by atoms with van der Waals surface area (Å²) in [7, 11) is 4.50. The van der Waals surface area contributed by atoms with Crippen molar-refractivity contribution in [3.8, 4) is 27.8 Å². The van der Waals surface area contributed by atoms with Crippen molar-refractivity contribution in [1.29, 1.82) is 0 Å². The van der Waals surface area contributed by atoms with Crippen molar-refractivity contribution in [3.05, 3.63) is 77.2 Å². The van der Waals surface area contributed by atoms with Crippen LogP contribution in [0.2, 0.25) is 0 Å². The highest BCUT2D eigenvalue weighted by atomic mass is 32.1. The maximum atomic E-state index is 13.0. The molecule has 0 aliphatic rings. The molecule has 2 heterocycles. The van der Waals surface area contributed by atoms with E-state index in [0.29, 0.717) is 22.9 Å². The van der Waals surface area contributed by atoms with Gasteiger partial charge in [-0.3, -0.25) is 4.79 Å². The molecule has 0 saturated heterocycles. The number of nitrogens with zero attached hydrogens (tertiary/aromatic N) is 1. The second-order valence-corrected chi connectivity index (χ2v) is 7.96. The third kappa shape index (κ3) is 5.28. The van der Waals surface area contributed by atoms with Crippen LogP contribution in [0.3, 0.4) is 0 Å². The molecule has 9 nitrogen and oxygen atoms in total. The Morgan fingerprint density at radius 1 is 0.971 bits per heavy atom. The van der Waals surface area contributed by atoms with E-state index < -0.39 is 11.9 Å². The fourth-order valence-corrected chi connectivity index (χ4v) is 4.11. The van der Waals surface area contributed by atoms with Crippen LogP contribution in [-0.4, -0.2) is 38.2 Å². The predicted molar refractivity (Wildman–Crippen MR) is 129 cm³/mol. The molecule has 180 valence electrons. The summed E-state index contributed by atoms with van der Waals surface area (Å²) in [6.45, 7) is -0.0651. The molecule has 0 spiro atoms. The summed E-state index contributed by atoms with van der Waals surface area (Å²) in [4.78, 5) is 30.1. The van der Waals surface area contributed by atoms with Gasteiger partial charge in [-0.2, -0.15) is 0 Å². The van der Waals surface area contributed by atoms with E-state index in [4.69, 9.17) is 23.4 Å². The number of carbonyl (C=O) groups is 2. The summed E-state index contributed by atoms with van der Waals surface area (Å²) in [5.41, 5.74) is 1.69. The normalized spacial score (nSPS) is 10.5. The van der Waals surface area contributed by atoms with E-state index >= 15 is 0 Å². The van der Waals surface area contributed by atoms with Crippen LogP contribution in [-0.2, 0) is 11.3 Å². The van der Waals surface area contributed by atoms with Crippen molar-refractivity contribution >= 4 is 28.9 Å². The molecule has 2 aromatic carbocycles. The fourth-order valence-electron chi connectivity index (χ4n) is 3.28. The summed E-state index contributed by atoms with van der Waals surface area (Å²) < 4.78 is 26.6. The first kappa shape index (κ1) is 23.8. The van der Waals surface area contributed by atoms with Crippen LogP contribution in [0.25, 0.3) is 10.6 Å². The minimum Gasteiger partial charge on any atom is -0.496 e. The van der Waals surface area contributed by atoms with Crippen molar-refractivity contribution in [2.75, 3.05) is 26.6 Å². The number of anilines is 1. The van der Waals surface area contributed by atoms with Crippen molar-refractivity contribution in [3.63, 3.8) is 0 Å². The van der Waals surface area contributed by atoms with Gasteiger partial charge in [-0.1, -0.05) is 12.1 Å². The molecule has 0 aliphatic carbocycles. The molecular weight excluding hydrogens is 472 g/mol. The molecule has 0 unspecified atom stereocenters. The molecule has 0 fully saturated rings. The van der Waals surface area contributed by atoms with Gasteiger partial charge in [0.05, 0.1) is 50.1 Å². The van der Waals surface area contributed by atoms with E-state index in [1.54, 1.807) is 13.2 Å². The largest absolute Gasteiger partial charge is 0.496 e. The minimum atomic E-state index is -0.674. The van der Waals surface area contributed by atoms with Crippen molar-refractivity contribution in [1.82, 2.24) is 4.98 Å². The zero-order valence-corrected chi connectivity index (χ0v) is 20.0. The molecule has 1 amide bonds. The first-order valence-electron chi connectivity index (χ1n) is 10.4. The van der Waals surface area contributed by atoms with Gasteiger partial charge in [0.1, 0.15) is 17.4 Å². The van der Waals surface area contributed by atoms with Crippen LogP contribution in [0.15, 0.2) is 64.6 Å². The number of ether oxygens (including phenoxy) is 4. The summed E-state index contributed by atoms with van der Waals surface area (Å²) in [5.74, 6) is 0.227. The zero-order valence-electron chi connectivity index (χ0n) is 19.2. The maximum absolute atomic E-state index is 13.0. The molecule has 0 saturated carbocycles. The first-order valence-corrected chi connectivity index (χ1v) is 11.3. The van der Waals surface area contributed by atoms with Crippen LogP contribution in [0.5, 0.6) is 17.2 Å². The number of carbonyl (C=O) groups excluding carboxylic acids is 2. The van der Waals surface area contributed by atoms with Crippen LogP contribution in [0, 0.1) is 0 Å². The first-order chi connectivity index (χ1) is 17.0. The Labute approximate surface area is 205 Å². The third-order valence-electron chi connectivity index (χ3n) is 4.98. The van der Waals surface area contributed by atoms with Gasteiger partial charge in [0.15, 0.2) is 17.3 Å². The molecule has 0 atom stereocenters. The lowest BCUT2D eigenvalue weighted by molar-refractivity contribution is 0.0469. The number of thiazole rings is 1. The average molecular weight is 495 g/mol. The number of aromatic nitrogens is 1. The number of esters is 1. The molecule has 0 radical (unpaired) electrons. The molecule has 2 aromatic heterocycles. The SMILES string of the molecule is COc1cc(NC(=O)c2ccco2)c(C(=O)OCc2csc(-c3ccccc3OC)n2)cc1OC. The van der Waals surface area contributed by atoms with Gasteiger partial charge < -0.3 is 28.7 Å². The summed E-state index contributed by atoms with van der Waals surface area (Å²) in [6, 6.07) is 13.6. The number of rotatable bonds is 9. The predicted octanol–water partition coefficient (Wildman–Crippen LogP) is 5.04. The maximum Gasteiger partial charge on any atom is 0.340 e. The Hall–Kier alpha value is -4.31. The Morgan fingerprint density at radius 3 is 2.43 bits per heavy atom. The number of methoxy groups -OCH3 is 3. The van der Waals surface area contributed by atoms with E-state index in [1.165, 1.54) is 50.0 Å². The van der Waals surface area contributed by atoms with Crippen molar-refractivity contribution in [2.45, 2.75) is 6.61 Å². The smallest absolute Gasteiger partial charge is 0.340 e. The zero-order chi connectivity index (χ0) is 24.8. The van der Waals surface area contributed by atoms with Gasteiger partial charge in [0.25, 0.3) is 5.91 Å². The molecule has 0 bridgehead atoms. The van der Waals surface area contributed by atoms with Crippen LogP contribution in [0.1, 0.15) is 26.6 Å². The Morgan fingerprint density at radius 2 is 1.71 bits per heavy atom. The van der Waals surface area contributed by atoms with Crippen molar-refractivity contribution < 1.29 is 33.0 Å². The van der Waals surface area contributed by atoms with Gasteiger partial charge in [0, 0.05) is 17.5 Å². The monoisotopic (exact) mass is 494 g/mol. The number of benzene rings is 2. The molecule has 4 rings (SSSR count). The van der Waals surface area contributed by atoms with Gasteiger partial charge in [-0.15, -0.1) is 11.3 Å². The summed E-state index contributed by atoms with van der Waals surface area (Å²) in [5, 5.41) is 5.21. The topological polar surface area (TPSA) is 109 Å². The molecule has 35 heavy (non-hydrogen) atoms. The number of nitrogens with one attached hydrogen (secondary N) is 1. The van der Waals surface area contributed by atoms with Gasteiger partial charge in [-0.25, -0.2) is 9.78 Å². The van der Waals surface area contributed by atoms with Crippen LogP contribution >= 0.6 is 11.3 Å². The number of para-hydroxylation sites is 1. The Kier molecular flexibility index (Phi) is 7.32. The van der Waals surface area contributed by atoms with E-state index in [1.807, 2.05) is 29.6 Å². The van der Waals surface area contributed by atoms with E-state index in [0.717, 1.165) is 10.6 Å². The van der Waals surface area contributed by atoms with Gasteiger partial charge in [0.2, 0.25) is 0 Å². The second-order valence-electron chi connectivity index (χ2n) is 7.10. The Balaban J connectivity index is 1.54. The number of amides is 1. The van der Waals surface area contributed by atoms with E-state index in [2.05, 4.69) is 10.3 Å². The van der Waals surface area contributed by atoms with Crippen LogP contribution in [0.4, 0.5) is 5.69 Å². The lowest BCUT2D eigenvalue weighted by Crippen LogP contribution is -2.16. The van der Waals surface area contributed by atoms with E-state index in [-0.39, 0.29) is 23.6 Å². The summed E-state index contributed by atoms with van der Waals surface area (Å²) >= 11 is 1.41. The lowest BCUT2D eigenvalue weighted by Gasteiger charge is -2.14. The highest BCUT2D eigenvalue weighted by molar-refractivity contribution is 7.13. The summed E-state index contributed by atoms with van der Waals surface area (Å²) in [6.07, 6.45) is 1.38. The molecule has 0 aliphatic heterocycles. The number of hydrogen-bond acceptors (Lipinski definition) is 9. The number of furan rings is 1. The third-order valence-corrected chi connectivity index (χ3v) is 5.90. The second kappa shape index (κ2) is 10.7. The van der Waals surface area contributed by atoms with Gasteiger partial charge >= 0.3 is 5.97 Å². The average Bonchev–Trinajstić information content (AvgIpc) is 3.59. The molecule has 10 heteroatoms. The molecule has 4 aromatic rings. The van der Waals surface area contributed by atoms with E-state index in [9.17, 15) is 9.59 Å². The highest BCUT2D eigenvalue weighted by Gasteiger charge is 2.21. The molecular formula is C25H22N2O7S. The minimum absolute atomic E-state index is 0.0651. The van der Waals surface area contributed by atoms with Crippen LogP contribution < -0.4 is 19.5 Å². The quantitative estimate of drug-likeness (QED) is 0.323. The highest BCUT2D eigenvalue weighted by Crippen LogP contribution is 2.35. The molecule has 1 N–H and O–H groups in total.